The van der Waals surface area contributed by atoms with Gasteiger partial charge in [0.15, 0.2) is 0 Å². The molecule has 0 aliphatic rings. The van der Waals surface area contributed by atoms with Crippen LogP contribution in [0.15, 0.2) is 30.3 Å². The van der Waals surface area contributed by atoms with E-state index in [1.165, 1.54) is 38.5 Å². The quantitative estimate of drug-likeness (QED) is 0.505. The molecule has 0 radical (unpaired) electrons. The number of hydrogen-bond acceptors (Lipinski definition) is 1. The summed E-state index contributed by atoms with van der Waals surface area (Å²) in [4.78, 5) is 0. The van der Waals surface area contributed by atoms with Gasteiger partial charge in [-0.3, -0.25) is 0 Å². The number of aliphatic hydroxyl groups is 1. The van der Waals surface area contributed by atoms with Gasteiger partial charge in [-0.2, -0.15) is 0 Å². The Morgan fingerprint density at radius 1 is 0.750 bits per heavy atom. The van der Waals surface area contributed by atoms with Crippen molar-refractivity contribution in [1.82, 2.24) is 0 Å². The number of unbranched alkanes of at least 4 members (excludes halogenated alkanes) is 6. The Kier molecular flexibility index (Phi) is 8.60. The molecule has 0 atom stereocenters. The van der Waals surface area contributed by atoms with Gasteiger partial charge in [0.2, 0.25) is 0 Å². The van der Waals surface area contributed by atoms with Crippen LogP contribution in [0.25, 0.3) is 0 Å². The Labute approximate surface area is 125 Å². The molecule has 0 heterocycles. The summed E-state index contributed by atoms with van der Waals surface area (Å²) in [7, 11) is 0. The van der Waals surface area contributed by atoms with Crippen molar-refractivity contribution in [3.8, 4) is 0 Å². The van der Waals surface area contributed by atoms with E-state index >= 15 is 0 Å². The Morgan fingerprint density at radius 3 is 1.70 bits per heavy atom. The summed E-state index contributed by atoms with van der Waals surface area (Å²) in [6.45, 7) is 4.46. The van der Waals surface area contributed by atoms with Crippen molar-refractivity contribution in [2.24, 2.45) is 0 Å². The van der Waals surface area contributed by atoms with Gasteiger partial charge in [-0.15, -0.1) is 0 Å². The first-order valence-corrected chi connectivity index (χ1v) is 8.51. The lowest BCUT2D eigenvalue weighted by atomic mass is 9.83. The fraction of sp³-hybridized carbons (Fsp3) is 0.684. The van der Waals surface area contributed by atoms with Crippen molar-refractivity contribution in [2.45, 2.75) is 83.7 Å². The first-order valence-electron chi connectivity index (χ1n) is 8.51. The first kappa shape index (κ1) is 17.2. The van der Waals surface area contributed by atoms with Crippen molar-refractivity contribution in [3.05, 3.63) is 35.9 Å². The smallest absolute Gasteiger partial charge is 0.0896 e. The van der Waals surface area contributed by atoms with Gasteiger partial charge in [0.25, 0.3) is 0 Å². The van der Waals surface area contributed by atoms with Gasteiger partial charge < -0.3 is 5.11 Å². The standard InChI is InChI=1S/C19H32O/c1-3-5-7-12-16-19(20,17-13-8-6-4-2)18-14-10-9-11-15-18/h9-11,14-15,20H,3-8,12-13,16-17H2,1-2H3. The van der Waals surface area contributed by atoms with Crippen molar-refractivity contribution >= 4 is 0 Å². The minimum Gasteiger partial charge on any atom is -0.385 e. The van der Waals surface area contributed by atoms with E-state index in [4.69, 9.17) is 0 Å². The van der Waals surface area contributed by atoms with Crippen LogP contribution in [-0.4, -0.2) is 5.11 Å². The fourth-order valence-corrected chi connectivity index (χ4v) is 2.85. The average molecular weight is 276 g/mol. The Balaban J connectivity index is 2.57. The second-order valence-electron chi connectivity index (χ2n) is 6.02. The van der Waals surface area contributed by atoms with E-state index in [1.807, 2.05) is 18.2 Å². The van der Waals surface area contributed by atoms with Crippen LogP contribution in [0.5, 0.6) is 0 Å². The molecule has 0 aliphatic carbocycles. The van der Waals surface area contributed by atoms with Gasteiger partial charge in [0.05, 0.1) is 5.60 Å². The Morgan fingerprint density at radius 2 is 1.25 bits per heavy atom. The van der Waals surface area contributed by atoms with E-state index in [0.717, 1.165) is 31.2 Å². The maximum absolute atomic E-state index is 11.1. The molecular weight excluding hydrogens is 244 g/mol. The normalized spacial score (nSPS) is 11.8. The van der Waals surface area contributed by atoms with Crippen LogP contribution in [0.4, 0.5) is 0 Å². The predicted molar refractivity (Wildman–Crippen MR) is 87.9 cm³/mol. The highest BCUT2D eigenvalue weighted by Gasteiger charge is 2.27. The third-order valence-electron chi connectivity index (χ3n) is 4.20. The van der Waals surface area contributed by atoms with Gasteiger partial charge in [-0.05, 0) is 18.4 Å². The molecule has 0 aromatic heterocycles. The molecule has 0 aliphatic heterocycles. The molecule has 0 spiro atoms. The molecule has 0 saturated heterocycles. The SMILES string of the molecule is CCCCCCC(O)(CCCCCC)c1ccccc1. The summed E-state index contributed by atoms with van der Waals surface area (Å²) in [6, 6.07) is 10.3. The molecule has 0 saturated carbocycles. The fourth-order valence-electron chi connectivity index (χ4n) is 2.85. The largest absolute Gasteiger partial charge is 0.385 e. The zero-order valence-corrected chi connectivity index (χ0v) is 13.4. The van der Waals surface area contributed by atoms with Gasteiger partial charge in [0, 0.05) is 0 Å². The second-order valence-corrected chi connectivity index (χ2v) is 6.02. The van der Waals surface area contributed by atoms with Gasteiger partial charge in [-0.1, -0.05) is 95.5 Å². The van der Waals surface area contributed by atoms with Gasteiger partial charge in [0.1, 0.15) is 0 Å². The maximum Gasteiger partial charge on any atom is 0.0896 e. The van der Waals surface area contributed by atoms with E-state index < -0.39 is 5.60 Å². The van der Waals surface area contributed by atoms with Gasteiger partial charge in [-0.25, -0.2) is 0 Å². The summed E-state index contributed by atoms with van der Waals surface area (Å²) < 4.78 is 0. The van der Waals surface area contributed by atoms with Crippen LogP contribution in [0.3, 0.4) is 0 Å². The summed E-state index contributed by atoms with van der Waals surface area (Å²) in [6.07, 6.45) is 11.6. The maximum atomic E-state index is 11.1. The Hall–Kier alpha value is -0.820. The van der Waals surface area contributed by atoms with Crippen LogP contribution in [0.1, 0.15) is 83.6 Å². The van der Waals surface area contributed by atoms with Crippen LogP contribution in [0.2, 0.25) is 0 Å². The third kappa shape index (κ3) is 6.09. The number of benzene rings is 1. The second kappa shape index (κ2) is 9.99. The van der Waals surface area contributed by atoms with E-state index in [0.29, 0.717) is 0 Å². The molecule has 114 valence electrons. The van der Waals surface area contributed by atoms with E-state index in [1.54, 1.807) is 0 Å². The highest BCUT2D eigenvalue weighted by molar-refractivity contribution is 5.22. The van der Waals surface area contributed by atoms with Crippen LogP contribution in [0, 0.1) is 0 Å². The molecule has 0 bridgehead atoms. The van der Waals surface area contributed by atoms with Gasteiger partial charge >= 0.3 is 0 Å². The average Bonchev–Trinajstić information content (AvgIpc) is 2.49. The molecule has 1 aromatic rings. The number of hydrogen-bond donors (Lipinski definition) is 1. The van der Waals surface area contributed by atoms with Crippen molar-refractivity contribution in [3.63, 3.8) is 0 Å². The highest BCUT2D eigenvalue weighted by atomic mass is 16.3. The highest BCUT2D eigenvalue weighted by Crippen LogP contribution is 2.33. The van der Waals surface area contributed by atoms with Crippen molar-refractivity contribution in [1.29, 1.82) is 0 Å². The van der Waals surface area contributed by atoms with E-state index in [9.17, 15) is 5.11 Å². The minimum atomic E-state index is -0.608. The molecule has 20 heavy (non-hydrogen) atoms. The monoisotopic (exact) mass is 276 g/mol. The summed E-state index contributed by atoms with van der Waals surface area (Å²) in [5, 5.41) is 11.1. The molecule has 1 aromatic carbocycles. The molecule has 0 unspecified atom stereocenters. The van der Waals surface area contributed by atoms with Crippen LogP contribution >= 0.6 is 0 Å². The molecule has 1 heteroatoms. The van der Waals surface area contributed by atoms with E-state index in [2.05, 4.69) is 26.0 Å². The lowest BCUT2D eigenvalue weighted by Gasteiger charge is -2.29. The third-order valence-corrected chi connectivity index (χ3v) is 4.20. The first-order chi connectivity index (χ1) is 9.73. The summed E-state index contributed by atoms with van der Waals surface area (Å²) in [5.74, 6) is 0. The van der Waals surface area contributed by atoms with Crippen LogP contribution < -0.4 is 0 Å². The zero-order chi connectivity index (χ0) is 14.7. The summed E-state index contributed by atoms with van der Waals surface area (Å²) in [5.41, 5.74) is 0.496. The van der Waals surface area contributed by atoms with Crippen molar-refractivity contribution in [2.75, 3.05) is 0 Å². The molecular formula is C19H32O. The molecule has 1 nitrogen and oxygen atoms in total. The lowest BCUT2D eigenvalue weighted by Crippen LogP contribution is -2.25. The zero-order valence-electron chi connectivity index (χ0n) is 13.4. The molecule has 0 fully saturated rings. The predicted octanol–water partition coefficient (Wildman–Crippen LogP) is 5.82. The summed E-state index contributed by atoms with van der Waals surface area (Å²) >= 11 is 0. The molecule has 0 amide bonds. The molecule has 1 rings (SSSR count). The minimum absolute atomic E-state index is 0.608. The van der Waals surface area contributed by atoms with E-state index in [-0.39, 0.29) is 0 Å². The van der Waals surface area contributed by atoms with Crippen LogP contribution in [-0.2, 0) is 5.60 Å². The number of rotatable bonds is 11. The topological polar surface area (TPSA) is 20.2 Å². The lowest BCUT2D eigenvalue weighted by molar-refractivity contribution is 0.0133. The van der Waals surface area contributed by atoms with Crippen molar-refractivity contribution < 1.29 is 5.11 Å². The molecule has 1 N–H and O–H groups in total. The Bertz CT molecular complexity index is 319.